The summed E-state index contributed by atoms with van der Waals surface area (Å²) in [6.45, 7) is 6.07. The monoisotopic (exact) mass is 259 g/mol. The lowest BCUT2D eigenvalue weighted by Crippen LogP contribution is -2.22. The molecule has 0 aliphatic heterocycles. The van der Waals surface area contributed by atoms with E-state index in [0.717, 1.165) is 11.1 Å². The van der Waals surface area contributed by atoms with Gasteiger partial charge in [0.25, 0.3) is 0 Å². The van der Waals surface area contributed by atoms with E-state index in [9.17, 15) is 9.50 Å². The average molecular weight is 260 g/mol. The highest BCUT2D eigenvalue weighted by molar-refractivity contribution is 6.31. The van der Waals surface area contributed by atoms with Crippen LogP contribution in [0.5, 0.6) is 0 Å². The predicted octanol–water partition coefficient (Wildman–Crippen LogP) is 2.64. The number of hydrogen-bond acceptors (Lipinski definition) is 2. The second-order valence-corrected chi connectivity index (χ2v) is 5.66. The van der Waals surface area contributed by atoms with E-state index in [1.165, 1.54) is 6.07 Å². The molecule has 0 radical (unpaired) electrons. The van der Waals surface area contributed by atoms with Crippen LogP contribution < -0.4 is 5.73 Å². The Kier molecular flexibility index (Phi) is 4.53. The van der Waals surface area contributed by atoms with Gasteiger partial charge in [-0.2, -0.15) is 0 Å². The van der Waals surface area contributed by atoms with Gasteiger partial charge in [0, 0.05) is 6.54 Å². The molecule has 1 atom stereocenters. The highest BCUT2D eigenvalue weighted by Gasteiger charge is 2.21. The van der Waals surface area contributed by atoms with E-state index in [-0.39, 0.29) is 17.0 Å². The van der Waals surface area contributed by atoms with E-state index in [4.69, 9.17) is 17.3 Å². The average Bonchev–Trinajstić information content (AvgIpc) is 2.21. The summed E-state index contributed by atoms with van der Waals surface area (Å²) in [5.74, 6) is -0.446. The van der Waals surface area contributed by atoms with E-state index in [1.807, 2.05) is 26.8 Å². The molecule has 1 rings (SSSR count). The molecule has 4 heteroatoms. The molecule has 0 fully saturated rings. The first kappa shape index (κ1) is 14.4. The molecule has 3 N–H and O–H groups in total. The molecule has 0 amide bonds. The lowest BCUT2D eigenvalue weighted by Gasteiger charge is -2.22. The van der Waals surface area contributed by atoms with Crippen molar-refractivity contribution >= 4 is 11.6 Å². The van der Waals surface area contributed by atoms with Gasteiger partial charge in [-0.25, -0.2) is 4.39 Å². The van der Waals surface area contributed by atoms with Crippen LogP contribution in [0.25, 0.3) is 0 Å². The van der Waals surface area contributed by atoms with E-state index < -0.39 is 11.9 Å². The number of rotatable bonds is 3. The summed E-state index contributed by atoms with van der Waals surface area (Å²) in [4.78, 5) is 0. The fourth-order valence-electron chi connectivity index (χ4n) is 1.66. The molecular weight excluding hydrogens is 241 g/mol. The number of hydrogen-bond donors (Lipinski definition) is 2. The van der Waals surface area contributed by atoms with Crippen LogP contribution in [0.4, 0.5) is 4.39 Å². The molecule has 0 unspecified atom stereocenters. The largest absolute Gasteiger partial charge is 0.391 e. The maximum absolute atomic E-state index is 13.7. The van der Waals surface area contributed by atoms with E-state index >= 15 is 0 Å². The molecule has 96 valence electrons. The molecule has 0 aromatic heterocycles. The summed E-state index contributed by atoms with van der Waals surface area (Å²) in [5, 5.41) is 9.64. The Balaban J connectivity index is 3.15. The first-order chi connectivity index (χ1) is 7.75. The van der Waals surface area contributed by atoms with Crippen molar-refractivity contribution in [2.45, 2.75) is 38.7 Å². The topological polar surface area (TPSA) is 46.2 Å². The van der Waals surface area contributed by atoms with E-state index in [1.54, 1.807) is 0 Å². The minimum absolute atomic E-state index is 0.156. The summed E-state index contributed by atoms with van der Waals surface area (Å²) in [6, 6.07) is 3.20. The molecule has 0 aliphatic rings. The molecule has 17 heavy (non-hydrogen) atoms. The third kappa shape index (κ3) is 3.66. The molecule has 0 bridgehead atoms. The van der Waals surface area contributed by atoms with Crippen LogP contribution in [-0.2, 0) is 11.8 Å². The van der Waals surface area contributed by atoms with Crippen LogP contribution >= 0.6 is 11.6 Å². The number of aliphatic hydroxyl groups is 1. The summed E-state index contributed by atoms with van der Waals surface area (Å²) >= 11 is 5.96. The summed E-state index contributed by atoms with van der Waals surface area (Å²) in [7, 11) is 0. The van der Waals surface area contributed by atoms with Crippen molar-refractivity contribution in [1.29, 1.82) is 0 Å². The van der Waals surface area contributed by atoms with Gasteiger partial charge in [0.1, 0.15) is 5.82 Å². The molecule has 0 heterocycles. The minimum Gasteiger partial charge on any atom is -0.391 e. The standard InChI is InChI=1S/C13H19ClFNO/c1-13(2,3)10-5-8(4-9(17)7-16)6-11(15)12(10)14/h5-6,9,17H,4,7,16H2,1-3H3/t9-/m1/s1. The molecule has 1 aromatic rings. The molecule has 0 spiro atoms. The fraction of sp³-hybridized carbons (Fsp3) is 0.538. The Morgan fingerprint density at radius 2 is 2.00 bits per heavy atom. The first-order valence-electron chi connectivity index (χ1n) is 5.62. The Hall–Kier alpha value is -0.640. The lowest BCUT2D eigenvalue weighted by molar-refractivity contribution is 0.183. The zero-order chi connectivity index (χ0) is 13.2. The van der Waals surface area contributed by atoms with Crippen molar-refractivity contribution in [3.63, 3.8) is 0 Å². The predicted molar refractivity (Wildman–Crippen MR) is 68.9 cm³/mol. The van der Waals surface area contributed by atoms with Gasteiger partial charge in [-0.1, -0.05) is 38.4 Å². The van der Waals surface area contributed by atoms with Crippen LogP contribution in [0.1, 0.15) is 31.9 Å². The molecule has 0 aliphatic carbocycles. The van der Waals surface area contributed by atoms with Gasteiger partial charge in [-0.3, -0.25) is 0 Å². The second kappa shape index (κ2) is 5.34. The second-order valence-electron chi connectivity index (χ2n) is 5.28. The summed E-state index contributed by atoms with van der Waals surface area (Å²) in [5.41, 5.74) is 6.57. The first-order valence-corrected chi connectivity index (χ1v) is 6.00. The molecule has 1 aromatic carbocycles. The van der Waals surface area contributed by atoms with Crippen LogP contribution in [0.15, 0.2) is 12.1 Å². The highest BCUT2D eigenvalue weighted by atomic mass is 35.5. The van der Waals surface area contributed by atoms with Crippen LogP contribution in [-0.4, -0.2) is 17.8 Å². The van der Waals surface area contributed by atoms with Crippen molar-refractivity contribution in [2.24, 2.45) is 5.73 Å². The zero-order valence-electron chi connectivity index (χ0n) is 10.4. The van der Waals surface area contributed by atoms with Crippen molar-refractivity contribution in [3.05, 3.63) is 34.1 Å². The Morgan fingerprint density at radius 3 is 2.47 bits per heavy atom. The number of halogens is 2. The van der Waals surface area contributed by atoms with E-state index in [2.05, 4.69) is 0 Å². The molecule has 2 nitrogen and oxygen atoms in total. The smallest absolute Gasteiger partial charge is 0.142 e. The van der Waals surface area contributed by atoms with E-state index in [0.29, 0.717) is 6.42 Å². The van der Waals surface area contributed by atoms with Gasteiger partial charge in [0.05, 0.1) is 11.1 Å². The SMILES string of the molecule is CC(C)(C)c1cc(C[C@@H](O)CN)cc(F)c1Cl. The Bertz CT molecular complexity index is 401. The van der Waals surface area contributed by atoms with Crippen molar-refractivity contribution in [3.8, 4) is 0 Å². The van der Waals surface area contributed by atoms with Gasteiger partial charge in [-0.15, -0.1) is 0 Å². The fourth-order valence-corrected chi connectivity index (χ4v) is 2.06. The van der Waals surface area contributed by atoms with Gasteiger partial charge in [-0.05, 0) is 29.0 Å². The quantitative estimate of drug-likeness (QED) is 0.877. The normalized spacial score (nSPS) is 13.8. The maximum Gasteiger partial charge on any atom is 0.142 e. The van der Waals surface area contributed by atoms with Gasteiger partial charge < -0.3 is 10.8 Å². The van der Waals surface area contributed by atoms with Crippen molar-refractivity contribution < 1.29 is 9.50 Å². The lowest BCUT2D eigenvalue weighted by atomic mass is 9.85. The maximum atomic E-state index is 13.7. The van der Waals surface area contributed by atoms with Crippen LogP contribution in [0.3, 0.4) is 0 Å². The Labute approximate surface area is 107 Å². The third-order valence-electron chi connectivity index (χ3n) is 2.64. The van der Waals surface area contributed by atoms with Crippen LogP contribution in [0.2, 0.25) is 5.02 Å². The van der Waals surface area contributed by atoms with Gasteiger partial charge in [0.2, 0.25) is 0 Å². The molecule has 0 saturated carbocycles. The highest BCUT2D eigenvalue weighted by Crippen LogP contribution is 2.32. The minimum atomic E-state index is -0.650. The van der Waals surface area contributed by atoms with Crippen molar-refractivity contribution in [1.82, 2.24) is 0 Å². The number of benzene rings is 1. The zero-order valence-corrected chi connectivity index (χ0v) is 11.2. The summed E-state index contributed by atoms with van der Waals surface area (Å²) in [6.07, 6.45) is -0.309. The third-order valence-corrected chi connectivity index (χ3v) is 3.02. The van der Waals surface area contributed by atoms with Gasteiger partial charge >= 0.3 is 0 Å². The number of nitrogens with two attached hydrogens (primary N) is 1. The van der Waals surface area contributed by atoms with Gasteiger partial charge in [0.15, 0.2) is 0 Å². The Morgan fingerprint density at radius 1 is 1.41 bits per heavy atom. The van der Waals surface area contributed by atoms with Crippen molar-refractivity contribution in [2.75, 3.05) is 6.54 Å². The van der Waals surface area contributed by atoms with Crippen LogP contribution in [0, 0.1) is 5.82 Å². The molecule has 0 saturated heterocycles. The molecular formula is C13H19ClFNO. The summed E-state index contributed by atoms with van der Waals surface area (Å²) < 4.78 is 13.7. The number of aliphatic hydroxyl groups excluding tert-OH is 1.